The van der Waals surface area contributed by atoms with Crippen LogP contribution in [0.25, 0.3) is 0 Å². The summed E-state index contributed by atoms with van der Waals surface area (Å²) in [5, 5.41) is 0.385. The predicted molar refractivity (Wildman–Crippen MR) is 106 cm³/mol. The number of benzene rings is 2. The minimum atomic E-state index is -3.93. The number of nitrogens with zero attached hydrogens (tertiary/aromatic N) is 1. The van der Waals surface area contributed by atoms with Gasteiger partial charge in [0.25, 0.3) is 15.9 Å². The number of allylic oxidation sites excluding steroid dienone is 2. The van der Waals surface area contributed by atoms with Crippen LogP contribution in [0.4, 0.5) is 5.69 Å². The van der Waals surface area contributed by atoms with Gasteiger partial charge in [-0.25, -0.2) is 8.42 Å². The van der Waals surface area contributed by atoms with Crippen molar-refractivity contribution in [3.63, 3.8) is 0 Å². The van der Waals surface area contributed by atoms with Crippen LogP contribution in [0, 0.1) is 0 Å². The van der Waals surface area contributed by atoms with Crippen molar-refractivity contribution >= 4 is 33.2 Å². The van der Waals surface area contributed by atoms with Crippen molar-refractivity contribution in [1.29, 1.82) is 0 Å². The molecule has 0 saturated heterocycles. The van der Waals surface area contributed by atoms with E-state index in [1.807, 2.05) is 6.08 Å². The first kappa shape index (κ1) is 19.3. The van der Waals surface area contributed by atoms with E-state index < -0.39 is 15.9 Å². The van der Waals surface area contributed by atoms with Gasteiger partial charge in [0.1, 0.15) is 6.54 Å². The largest absolute Gasteiger partial charge is 0.303 e. The van der Waals surface area contributed by atoms with E-state index in [1.165, 1.54) is 18.2 Å². The highest BCUT2D eigenvalue weighted by molar-refractivity contribution is 7.92. The lowest BCUT2D eigenvalue weighted by Crippen LogP contribution is -2.45. The number of rotatable bonds is 7. The number of anilines is 1. The first-order chi connectivity index (χ1) is 13.0. The molecule has 0 heterocycles. The lowest BCUT2D eigenvalue weighted by Gasteiger charge is -2.24. The zero-order valence-corrected chi connectivity index (χ0v) is 16.1. The third-order valence-electron chi connectivity index (χ3n) is 4.12. The Balaban J connectivity index is 1.85. The van der Waals surface area contributed by atoms with Gasteiger partial charge in [-0.15, -0.1) is 0 Å². The highest BCUT2D eigenvalue weighted by atomic mass is 35.5. The van der Waals surface area contributed by atoms with Crippen molar-refractivity contribution in [2.75, 3.05) is 10.8 Å². The summed E-state index contributed by atoms with van der Waals surface area (Å²) in [6, 6.07) is 14.4. The Labute approximate surface area is 163 Å². The number of hydrogen-bond donors (Lipinski definition) is 2. The van der Waals surface area contributed by atoms with Crippen LogP contribution >= 0.6 is 11.6 Å². The Hall–Kier alpha value is -2.51. The zero-order chi connectivity index (χ0) is 19.3. The number of carbonyl (C=O) groups excluding carboxylic acids is 1. The van der Waals surface area contributed by atoms with Gasteiger partial charge in [-0.1, -0.05) is 41.9 Å². The van der Waals surface area contributed by atoms with E-state index in [1.54, 1.807) is 36.4 Å². The molecule has 0 aromatic heterocycles. The van der Waals surface area contributed by atoms with Crippen LogP contribution in [-0.2, 0) is 14.8 Å². The lowest BCUT2D eigenvalue weighted by atomic mass is 10.3. The van der Waals surface area contributed by atoms with Gasteiger partial charge in [-0.2, -0.15) is 0 Å². The average molecular weight is 406 g/mol. The van der Waals surface area contributed by atoms with Gasteiger partial charge in [0, 0.05) is 10.7 Å². The van der Waals surface area contributed by atoms with Crippen LogP contribution < -0.4 is 15.2 Å². The predicted octanol–water partition coefficient (Wildman–Crippen LogP) is 3.22. The summed E-state index contributed by atoms with van der Waals surface area (Å²) < 4.78 is 27.3. The van der Waals surface area contributed by atoms with Gasteiger partial charge in [0.2, 0.25) is 0 Å². The average Bonchev–Trinajstić information content (AvgIpc) is 3.18. The molecule has 0 bridgehead atoms. The van der Waals surface area contributed by atoms with E-state index in [4.69, 9.17) is 11.6 Å². The minimum Gasteiger partial charge on any atom is -0.303 e. The van der Waals surface area contributed by atoms with Gasteiger partial charge >= 0.3 is 0 Å². The molecule has 0 unspecified atom stereocenters. The van der Waals surface area contributed by atoms with E-state index in [-0.39, 0.29) is 11.4 Å². The molecule has 0 atom stereocenters. The molecule has 0 radical (unpaired) electrons. The number of amides is 1. The molecule has 0 fully saturated rings. The number of carbonyl (C=O) groups is 1. The monoisotopic (exact) mass is 405 g/mol. The van der Waals surface area contributed by atoms with Crippen LogP contribution in [0.1, 0.15) is 19.3 Å². The van der Waals surface area contributed by atoms with Crippen LogP contribution in [0.3, 0.4) is 0 Å². The van der Waals surface area contributed by atoms with Crippen LogP contribution in [0.15, 0.2) is 71.3 Å². The summed E-state index contributed by atoms with van der Waals surface area (Å²) in [6.07, 6.45) is 4.88. The Bertz CT molecular complexity index is 946. The van der Waals surface area contributed by atoms with Gasteiger partial charge in [0.05, 0.1) is 10.6 Å². The highest BCUT2D eigenvalue weighted by Crippen LogP contribution is 2.25. The Kier molecular flexibility index (Phi) is 6.03. The fourth-order valence-electron chi connectivity index (χ4n) is 2.77. The van der Waals surface area contributed by atoms with Gasteiger partial charge in [0.15, 0.2) is 0 Å². The molecule has 1 aliphatic carbocycles. The fraction of sp³-hybridized carbons (Fsp3) is 0.211. The second kappa shape index (κ2) is 8.45. The third-order valence-corrected chi connectivity index (χ3v) is 6.14. The molecular formula is C19H20ClN3O3S. The maximum Gasteiger partial charge on any atom is 0.264 e. The maximum absolute atomic E-state index is 13.1. The molecule has 3 rings (SSSR count). The SMILES string of the molecule is O=C(CN(c1cccc(Cl)c1)S(=O)(=O)c1ccccc1)NNC1=CCCC1. The quantitative estimate of drug-likeness (QED) is 0.693. The van der Waals surface area contributed by atoms with E-state index in [0.717, 1.165) is 29.3 Å². The van der Waals surface area contributed by atoms with Gasteiger partial charge in [-0.3, -0.25) is 14.5 Å². The lowest BCUT2D eigenvalue weighted by molar-refractivity contribution is -0.120. The van der Waals surface area contributed by atoms with Crippen LogP contribution in [-0.4, -0.2) is 20.9 Å². The van der Waals surface area contributed by atoms with E-state index in [2.05, 4.69) is 10.9 Å². The number of hydrazine groups is 1. The van der Waals surface area contributed by atoms with Crippen LogP contribution in [0.2, 0.25) is 5.02 Å². The molecule has 2 N–H and O–H groups in total. The molecule has 1 amide bonds. The first-order valence-corrected chi connectivity index (χ1v) is 10.4. The summed E-state index contributed by atoms with van der Waals surface area (Å²) in [5.74, 6) is -0.470. The smallest absolute Gasteiger partial charge is 0.264 e. The molecule has 1 aliphatic rings. The Morgan fingerprint density at radius 3 is 2.56 bits per heavy atom. The third kappa shape index (κ3) is 4.81. The number of sulfonamides is 1. The number of halogens is 1. The summed E-state index contributed by atoms with van der Waals surface area (Å²) in [7, 11) is -3.93. The molecule has 2 aromatic carbocycles. The van der Waals surface area contributed by atoms with Crippen molar-refractivity contribution in [2.45, 2.75) is 24.2 Å². The summed E-state index contributed by atoms with van der Waals surface area (Å²) in [5.41, 5.74) is 6.68. The van der Waals surface area contributed by atoms with Crippen molar-refractivity contribution < 1.29 is 13.2 Å². The Morgan fingerprint density at radius 1 is 1.11 bits per heavy atom. The van der Waals surface area contributed by atoms with E-state index >= 15 is 0 Å². The second-order valence-electron chi connectivity index (χ2n) is 6.10. The topological polar surface area (TPSA) is 78.5 Å². The van der Waals surface area contributed by atoms with Gasteiger partial charge < -0.3 is 5.43 Å². The minimum absolute atomic E-state index is 0.101. The van der Waals surface area contributed by atoms with Crippen molar-refractivity contribution in [3.05, 3.63) is 71.4 Å². The zero-order valence-electron chi connectivity index (χ0n) is 14.6. The van der Waals surface area contributed by atoms with Crippen LogP contribution in [0.5, 0.6) is 0 Å². The maximum atomic E-state index is 13.1. The van der Waals surface area contributed by atoms with E-state index in [0.29, 0.717) is 10.7 Å². The number of hydrogen-bond acceptors (Lipinski definition) is 4. The normalized spacial score (nSPS) is 13.7. The fourth-order valence-corrected chi connectivity index (χ4v) is 4.39. The standard InChI is InChI=1S/C19H20ClN3O3S/c20-15-7-6-10-17(13-15)23(27(25,26)18-11-2-1-3-12-18)14-19(24)22-21-16-8-4-5-9-16/h1-3,6-8,10-13,21H,4-5,9,14H2,(H,22,24). The molecule has 142 valence electrons. The number of nitrogens with one attached hydrogen (secondary N) is 2. The molecule has 0 spiro atoms. The van der Waals surface area contributed by atoms with Crippen molar-refractivity contribution in [2.24, 2.45) is 0 Å². The second-order valence-corrected chi connectivity index (χ2v) is 8.40. The molecular weight excluding hydrogens is 386 g/mol. The molecule has 2 aromatic rings. The molecule has 6 nitrogen and oxygen atoms in total. The van der Waals surface area contributed by atoms with E-state index in [9.17, 15) is 13.2 Å². The molecule has 8 heteroatoms. The molecule has 0 saturated carbocycles. The van der Waals surface area contributed by atoms with Crippen molar-refractivity contribution in [1.82, 2.24) is 10.9 Å². The summed E-state index contributed by atoms with van der Waals surface area (Å²) in [4.78, 5) is 12.5. The Morgan fingerprint density at radius 2 is 1.89 bits per heavy atom. The highest BCUT2D eigenvalue weighted by Gasteiger charge is 2.27. The summed E-state index contributed by atoms with van der Waals surface area (Å²) in [6.45, 7) is -0.377. The molecule has 0 aliphatic heterocycles. The molecule has 27 heavy (non-hydrogen) atoms. The first-order valence-electron chi connectivity index (χ1n) is 8.54. The van der Waals surface area contributed by atoms with Gasteiger partial charge in [-0.05, 0) is 49.6 Å². The van der Waals surface area contributed by atoms with Crippen molar-refractivity contribution in [3.8, 4) is 0 Å². The summed E-state index contributed by atoms with van der Waals surface area (Å²) >= 11 is 6.03.